The molecule has 2 rings (SSSR count). The lowest BCUT2D eigenvalue weighted by Gasteiger charge is -2.39. The summed E-state index contributed by atoms with van der Waals surface area (Å²) < 4.78 is 13.4. The fraction of sp³-hybridized carbons (Fsp3) is 0.643. The molecule has 0 aliphatic carbocycles. The maximum atomic E-state index is 13.4. The molecule has 1 fully saturated rings. The molecule has 0 spiro atoms. The van der Waals surface area contributed by atoms with Gasteiger partial charge in [0.2, 0.25) is 0 Å². The minimum Gasteiger partial charge on any atom is -0.366 e. The molecule has 1 N–H and O–H groups in total. The first-order valence-electron chi connectivity index (χ1n) is 6.78. The van der Waals surface area contributed by atoms with Crippen LogP contribution < -0.4 is 5.32 Å². The lowest BCUT2D eigenvalue weighted by atomic mass is 9.98. The third-order valence-electron chi connectivity index (χ3n) is 3.80. The zero-order chi connectivity index (χ0) is 13.0. The molecule has 1 aliphatic rings. The number of nitrogens with one attached hydrogen (secondary N) is 1. The number of aromatic nitrogens is 1. The first-order valence-corrected chi connectivity index (χ1v) is 6.78. The van der Waals surface area contributed by atoms with Crippen LogP contribution in [0, 0.1) is 5.82 Å². The lowest BCUT2D eigenvalue weighted by molar-refractivity contribution is 0.109. The Morgan fingerprint density at radius 1 is 1.39 bits per heavy atom. The van der Waals surface area contributed by atoms with Gasteiger partial charge in [0.15, 0.2) is 11.6 Å². The van der Waals surface area contributed by atoms with Gasteiger partial charge in [-0.05, 0) is 38.8 Å². The predicted octanol–water partition coefficient (Wildman–Crippen LogP) is 2.90. The van der Waals surface area contributed by atoms with Crippen LogP contribution in [-0.4, -0.2) is 35.1 Å². The van der Waals surface area contributed by atoms with E-state index in [-0.39, 0.29) is 5.82 Å². The predicted molar refractivity (Wildman–Crippen MR) is 72.2 cm³/mol. The van der Waals surface area contributed by atoms with Crippen LogP contribution in [0.4, 0.5) is 10.2 Å². The fourth-order valence-electron chi connectivity index (χ4n) is 2.73. The van der Waals surface area contributed by atoms with E-state index in [2.05, 4.69) is 29.0 Å². The number of nitrogens with zero attached hydrogens (tertiary/aromatic N) is 2. The maximum absolute atomic E-state index is 13.4. The molecule has 0 aromatic carbocycles. The van der Waals surface area contributed by atoms with Crippen molar-refractivity contribution in [3.63, 3.8) is 0 Å². The van der Waals surface area contributed by atoms with E-state index in [1.807, 2.05) is 0 Å². The summed E-state index contributed by atoms with van der Waals surface area (Å²) in [6.45, 7) is 6.23. The Bertz CT molecular complexity index is 373. The van der Waals surface area contributed by atoms with Crippen molar-refractivity contribution in [1.82, 2.24) is 9.88 Å². The van der Waals surface area contributed by atoms with E-state index in [4.69, 9.17) is 0 Å². The average Bonchev–Trinajstić information content (AvgIpc) is 2.35. The van der Waals surface area contributed by atoms with E-state index >= 15 is 0 Å². The number of piperidine rings is 1. The molecule has 4 heteroatoms. The molecule has 1 aromatic heterocycles. The standard InChI is InChI=1S/C14H22FN3/c1-11-5-3-6-12(2)18(11)10-9-17-14-13(15)7-4-8-16-14/h4,7-8,11-12H,3,5-6,9-10H2,1-2H3,(H,16,17)/t11-,12+. The average molecular weight is 251 g/mol. The van der Waals surface area contributed by atoms with Crippen molar-refractivity contribution in [2.75, 3.05) is 18.4 Å². The van der Waals surface area contributed by atoms with E-state index in [9.17, 15) is 4.39 Å². The maximum Gasteiger partial charge on any atom is 0.165 e. The summed E-state index contributed by atoms with van der Waals surface area (Å²) in [5.41, 5.74) is 0. The molecule has 1 aliphatic heterocycles. The van der Waals surface area contributed by atoms with Gasteiger partial charge in [-0.1, -0.05) is 6.42 Å². The van der Waals surface area contributed by atoms with Gasteiger partial charge < -0.3 is 5.32 Å². The Morgan fingerprint density at radius 3 is 2.78 bits per heavy atom. The number of likely N-dealkylation sites (tertiary alicyclic amines) is 1. The van der Waals surface area contributed by atoms with Crippen molar-refractivity contribution in [2.45, 2.75) is 45.2 Å². The van der Waals surface area contributed by atoms with Gasteiger partial charge in [0.25, 0.3) is 0 Å². The fourth-order valence-corrected chi connectivity index (χ4v) is 2.73. The van der Waals surface area contributed by atoms with Crippen LogP contribution >= 0.6 is 0 Å². The molecule has 2 atom stereocenters. The van der Waals surface area contributed by atoms with Gasteiger partial charge in [-0.15, -0.1) is 0 Å². The van der Waals surface area contributed by atoms with Gasteiger partial charge in [0.05, 0.1) is 0 Å². The second kappa shape index (κ2) is 6.14. The van der Waals surface area contributed by atoms with Gasteiger partial charge in [0, 0.05) is 31.4 Å². The molecule has 1 aromatic rings. The Hall–Kier alpha value is -1.16. The highest BCUT2D eigenvalue weighted by molar-refractivity contribution is 5.35. The van der Waals surface area contributed by atoms with E-state index in [1.165, 1.54) is 25.3 Å². The lowest BCUT2D eigenvalue weighted by Crippen LogP contribution is -2.45. The SMILES string of the molecule is C[C@@H]1CCC[C@H](C)N1CCNc1ncccc1F. The van der Waals surface area contributed by atoms with Crippen LogP contribution in [0.3, 0.4) is 0 Å². The molecule has 18 heavy (non-hydrogen) atoms. The summed E-state index contributed by atoms with van der Waals surface area (Å²) in [5, 5.41) is 3.07. The van der Waals surface area contributed by atoms with Gasteiger partial charge >= 0.3 is 0 Å². The minimum absolute atomic E-state index is 0.280. The monoisotopic (exact) mass is 251 g/mol. The number of rotatable bonds is 4. The van der Waals surface area contributed by atoms with E-state index in [1.54, 1.807) is 12.3 Å². The summed E-state index contributed by atoms with van der Waals surface area (Å²) in [6, 6.07) is 4.30. The molecule has 3 nitrogen and oxygen atoms in total. The highest BCUT2D eigenvalue weighted by Gasteiger charge is 2.23. The van der Waals surface area contributed by atoms with Gasteiger partial charge in [-0.2, -0.15) is 0 Å². The minimum atomic E-state index is -0.280. The molecular formula is C14H22FN3. The summed E-state index contributed by atoms with van der Waals surface area (Å²) in [6.07, 6.45) is 5.46. The van der Waals surface area contributed by atoms with Crippen LogP contribution in [0.5, 0.6) is 0 Å². The molecule has 1 saturated heterocycles. The number of anilines is 1. The Kier molecular flexibility index (Phi) is 4.53. The highest BCUT2D eigenvalue weighted by Crippen LogP contribution is 2.21. The Labute approximate surface area is 108 Å². The Morgan fingerprint density at radius 2 is 2.11 bits per heavy atom. The Balaban J connectivity index is 1.83. The number of halogens is 1. The summed E-state index contributed by atoms with van der Waals surface area (Å²) in [5.74, 6) is 0.0760. The molecule has 0 saturated carbocycles. The van der Waals surface area contributed by atoms with Gasteiger partial charge in [0.1, 0.15) is 0 Å². The van der Waals surface area contributed by atoms with Crippen molar-refractivity contribution >= 4 is 5.82 Å². The van der Waals surface area contributed by atoms with E-state index in [0.29, 0.717) is 17.9 Å². The highest BCUT2D eigenvalue weighted by atomic mass is 19.1. The smallest absolute Gasteiger partial charge is 0.165 e. The normalized spacial score (nSPS) is 25.1. The number of pyridine rings is 1. The van der Waals surface area contributed by atoms with Crippen LogP contribution in [0.2, 0.25) is 0 Å². The quantitative estimate of drug-likeness (QED) is 0.892. The van der Waals surface area contributed by atoms with Crippen molar-refractivity contribution in [3.05, 3.63) is 24.1 Å². The molecule has 100 valence electrons. The second-order valence-corrected chi connectivity index (χ2v) is 5.13. The topological polar surface area (TPSA) is 28.2 Å². The number of hydrogen-bond donors (Lipinski definition) is 1. The molecular weight excluding hydrogens is 229 g/mol. The van der Waals surface area contributed by atoms with Crippen LogP contribution in [-0.2, 0) is 0 Å². The zero-order valence-corrected chi connectivity index (χ0v) is 11.2. The van der Waals surface area contributed by atoms with Gasteiger partial charge in [-0.25, -0.2) is 9.37 Å². The molecule has 2 heterocycles. The number of hydrogen-bond acceptors (Lipinski definition) is 3. The van der Waals surface area contributed by atoms with Crippen molar-refractivity contribution in [1.29, 1.82) is 0 Å². The van der Waals surface area contributed by atoms with Crippen molar-refractivity contribution in [3.8, 4) is 0 Å². The molecule has 0 unspecified atom stereocenters. The third kappa shape index (κ3) is 3.19. The summed E-state index contributed by atoms with van der Waals surface area (Å²) >= 11 is 0. The van der Waals surface area contributed by atoms with E-state index in [0.717, 1.165) is 13.1 Å². The first-order chi connectivity index (χ1) is 8.68. The van der Waals surface area contributed by atoms with Crippen molar-refractivity contribution in [2.24, 2.45) is 0 Å². The van der Waals surface area contributed by atoms with E-state index < -0.39 is 0 Å². The molecule has 0 bridgehead atoms. The first kappa shape index (κ1) is 13.3. The molecule has 0 radical (unpaired) electrons. The van der Waals surface area contributed by atoms with Crippen molar-refractivity contribution < 1.29 is 4.39 Å². The van der Waals surface area contributed by atoms with Crippen LogP contribution in [0.25, 0.3) is 0 Å². The van der Waals surface area contributed by atoms with Gasteiger partial charge in [-0.3, -0.25) is 4.90 Å². The second-order valence-electron chi connectivity index (χ2n) is 5.13. The molecule has 0 amide bonds. The zero-order valence-electron chi connectivity index (χ0n) is 11.2. The largest absolute Gasteiger partial charge is 0.366 e. The summed E-state index contributed by atoms with van der Waals surface area (Å²) in [4.78, 5) is 6.49. The van der Waals surface area contributed by atoms with Crippen LogP contribution in [0.15, 0.2) is 18.3 Å². The summed E-state index contributed by atoms with van der Waals surface area (Å²) in [7, 11) is 0. The third-order valence-corrected chi connectivity index (χ3v) is 3.80. The van der Waals surface area contributed by atoms with Crippen LogP contribution in [0.1, 0.15) is 33.1 Å².